The van der Waals surface area contributed by atoms with E-state index in [0.717, 1.165) is 11.1 Å². The smallest absolute Gasteiger partial charge is 0.258 e. The molecule has 0 atom stereocenters. The van der Waals surface area contributed by atoms with Gasteiger partial charge in [0.05, 0.1) is 0 Å². The normalized spacial score (nSPS) is 10.4. The van der Waals surface area contributed by atoms with Gasteiger partial charge in [0.1, 0.15) is 0 Å². The molecule has 0 aliphatic carbocycles. The van der Waals surface area contributed by atoms with E-state index in [-0.39, 0.29) is 0 Å². The Balaban J connectivity index is 1.99. The largest absolute Gasteiger partial charge is 0.334 e. The predicted molar refractivity (Wildman–Crippen MR) is 64.0 cm³/mol. The van der Waals surface area contributed by atoms with Gasteiger partial charge in [-0.25, -0.2) is 0 Å². The summed E-state index contributed by atoms with van der Waals surface area (Å²) in [6.45, 7) is 0. The molecule has 0 N–H and O–H groups in total. The van der Waals surface area contributed by atoms with Crippen molar-refractivity contribution in [2.24, 2.45) is 0 Å². The fraction of sp³-hybridized carbons (Fsp3) is 0. The zero-order valence-electron chi connectivity index (χ0n) is 9.00. The molecule has 3 rings (SSSR count). The predicted octanol–water partition coefficient (Wildman–Crippen LogP) is 3.20. The van der Waals surface area contributed by atoms with Crippen LogP contribution in [0.1, 0.15) is 0 Å². The molecular formula is C14H9N2O. The topological polar surface area (TPSA) is 38.9 Å². The molecule has 1 heterocycles. The van der Waals surface area contributed by atoms with Crippen molar-refractivity contribution < 1.29 is 4.52 Å². The van der Waals surface area contributed by atoms with E-state index in [1.165, 1.54) is 0 Å². The van der Waals surface area contributed by atoms with Crippen molar-refractivity contribution in [1.82, 2.24) is 10.1 Å². The molecule has 0 aliphatic rings. The number of aromatic nitrogens is 2. The Kier molecular flexibility index (Phi) is 2.43. The summed E-state index contributed by atoms with van der Waals surface area (Å²) in [5.41, 5.74) is 1.75. The minimum absolute atomic E-state index is 0.490. The van der Waals surface area contributed by atoms with E-state index in [4.69, 9.17) is 4.52 Å². The van der Waals surface area contributed by atoms with Crippen LogP contribution in [0.2, 0.25) is 0 Å². The molecular weight excluding hydrogens is 212 g/mol. The second kappa shape index (κ2) is 4.22. The average molecular weight is 221 g/mol. The summed E-state index contributed by atoms with van der Waals surface area (Å²) in [5.74, 6) is 1.09. The molecule has 0 amide bonds. The highest BCUT2D eigenvalue weighted by Gasteiger charge is 2.09. The maximum absolute atomic E-state index is 5.21. The van der Waals surface area contributed by atoms with E-state index in [9.17, 15) is 0 Å². The minimum atomic E-state index is 0.490. The third kappa shape index (κ3) is 1.95. The standard InChI is InChI=1S/C14H9N2O/c1-3-7-11(8-4-1)13-15-14(17-16-13)12-9-5-2-6-10-12/h1-9H. The van der Waals surface area contributed by atoms with Crippen LogP contribution in [0.5, 0.6) is 0 Å². The Morgan fingerprint density at radius 2 is 1.76 bits per heavy atom. The Hall–Kier alpha value is -2.42. The first-order valence-electron chi connectivity index (χ1n) is 5.30. The van der Waals surface area contributed by atoms with Gasteiger partial charge in [0.15, 0.2) is 0 Å². The maximum Gasteiger partial charge on any atom is 0.258 e. The first kappa shape index (κ1) is 9.78. The average Bonchev–Trinajstić information content (AvgIpc) is 2.90. The van der Waals surface area contributed by atoms with Gasteiger partial charge in [0, 0.05) is 11.1 Å². The van der Waals surface area contributed by atoms with Gasteiger partial charge in [-0.3, -0.25) is 0 Å². The molecule has 81 valence electrons. The first-order valence-corrected chi connectivity index (χ1v) is 5.30. The van der Waals surface area contributed by atoms with Crippen LogP contribution >= 0.6 is 0 Å². The summed E-state index contributed by atoms with van der Waals surface area (Å²) in [6.07, 6.45) is 0. The van der Waals surface area contributed by atoms with Crippen LogP contribution in [-0.4, -0.2) is 10.1 Å². The zero-order chi connectivity index (χ0) is 11.5. The highest BCUT2D eigenvalue weighted by Crippen LogP contribution is 2.20. The highest BCUT2D eigenvalue weighted by atomic mass is 16.5. The summed E-state index contributed by atoms with van der Waals surface area (Å²) in [7, 11) is 0. The third-order valence-corrected chi connectivity index (χ3v) is 2.40. The second-order valence-electron chi connectivity index (χ2n) is 3.57. The molecule has 1 radical (unpaired) electrons. The number of hydrogen-bond donors (Lipinski definition) is 0. The molecule has 0 bridgehead atoms. The molecule has 0 aliphatic heterocycles. The summed E-state index contributed by atoms with van der Waals surface area (Å²) in [6, 6.07) is 20.3. The van der Waals surface area contributed by atoms with Gasteiger partial charge in [0.25, 0.3) is 5.89 Å². The second-order valence-corrected chi connectivity index (χ2v) is 3.57. The zero-order valence-corrected chi connectivity index (χ0v) is 9.00. The third-order valence-electron chi connectivity index (χ3n) is 2.40. The molecule has 3 aromatic rings. The molecule has 0 fully saturated rings. The van der Waals surface area contributed by atoms with Crippen LogP contribution < -0.4 is 0 Å². The molecule has 3 heteroatoms. The van der Waals surface area contributed by atoms with Crippen molar-refractivity contribution in [2.45, 2.75) is 0 Å². The fourth-order valence-electron chi connectivity index (χ4n) is 1.56. The number of nitrogens with zero attached hydrogens (tertiary/aromatic N) is 2. The minimum Gasteiger partial charge on any atom is -0.334 e. The lowest BCUT2D eigenvalue weighted by Gasteiger charge is -1.91. The van der Waals surface area contributed by atoms with Crippen LogP contribution in [-0.2, 0) is 0 Å². The van der Waals surface area contributed by atoms with Gasteiger partial charge in [-0.05, 0) is 12.1 Å². The Bertz CT molecular complexity index is 548. The lowest BCUT2D eigenvalue weighted by Crippen LogP contribution is -1.80. The van der Waals surface area contributed by atoms with Crippen LogP contribution in [0.15, 0.2) is 59.1 Å². The lowest BCUT2D eigenvalue weighted by atomic mass is 10.2. The summed E-state index contributed by atoms with van der Waals surface area (Å²) < 4.78 is 5.21. The highest BCUT2D eigenvalue weighted by molar-refractivity contribution is 5.58. The molecule has 3 nitrogen and oxygen atoms in total. The molecule has 0 spiro atoms. The number of rotatable bonds is 2. The van der Waals surface area contributed by atoms with Gasteiger partial charge in [0.2, 0.25) is 5.82 Å². The van der Waals surface area contributed by atoms with Gasteiger partial charge in [-0.1, -0.05) is 53.7 Å². The van der Waals surface area contributed by atoms with E-state index in [2.05, 4.69) is 16.2 Å². The number of benzene rings is 2. The maximum atomic E-state index is 5.21. The van der Waals surface area contributed by atoms with Gasteiger partial charge in [-0.2, -0.15) is 4.98 Å². The van der Waals surface area contributed by atoms with E-state index in [0.29, 0.717) is 11.7 Å². The number of hydrogen-bond acceptors (Lipinski definition) is 3. The molecule has 0 saturated carbocycles. The molecule has 2 aromatic carbocycles. The Labute approximate surface area is 98.7 Å². The SMILES string of the molecule is [c]1ccccc1-c1nc(-c2ccccc2)no1. The summed E-state index contributed by atoms with van der Waals surface area (Å²) >= 11 is 0. The fourth-order valence-corrected chi connectivity index (χ4v) is 1.56. The van der Waals surface area contributed by atoms with Crippen molar-refractivity contribution in [1.29, 1.82) is 0 Å². The van der Waals surface area contributed by atoms with E-state index in [1.807, 2.05) is 54.6 Å². The van der Waals surface area contributed by atoms with Crippen LogP contribution in [0.4, 0.5) is 0 Å². The first-order chi connectivity index (χ1) is 8.43. The summed E-state index contributed by atoms with van der Waals surface area (Å²) in [4.78, 5) is 4.34. The van der Waals surface area contributed by atoms with Gasteiger partial charge < -0.3 is 4.52 Å². The molecule has 0 unspecified atom stereocenters. The van der Waals surface area contributed by atoms with E-state index < -0.39 is 0 Å². The van der Waals surface area contributed by atoms with Crippen molar-refractivity contribution >= 4 is 0 Å². The molecule has 17 heavy (non-hydrogen) atoms. The van der Waals surface area contributed by atoms with Crippen molar-refractivity contribution in [3.05, 3.63) is 60.7 Å². The van der Waals surface area contributed by atoms with Crippen molar-refractivity contribution in [3.63, 3.8) is 0 Å². The van der Waals surface area contributed by atoms with Crippen LogP contribution in [0.3, 0.4) is 0 Å². The quantitative estimate of drug-likeness (QED) is 0.667. The van der Waals surface area contributed by atoms with Gasteiger partial charge >= 0.3 is 0 Å². The van der Waals surface area contributed by atoms with Crippen LogP contribution in [0, 0.1) is 6.07 Å². The Morgan fingerprint density at radius 1 is 0.941 bits per heavy atom. The lowest BCUT2D eigenvalue weighted by molar-refractivity contribution is 0.432. The van der Waals surface area contributed by atoms with Crippen molar-refractivity contribution in [3.8, 4) is 22.8 Å². The van der Waals surface area contributed by atoms with Crippen LogP contribution in [0.25, 0.3) is 22.8 Å². The molecule has 0 saturated heterocycles. The Morgan fingerprint density at radius 3 is 2.53 bits per heavy atom. The van der Waals surface area contributed by atoms with Crippen molar-refractivity contribution in [2.75, 3.05) is 0 Å². The molecule has 1 aromatic heterocycles. The monoisotopic (exact) mass is 221 g/mol. The van der Waals surface area contributed by atoms with E-state index >= 15 is 0 Å². The van der Waals surface area contributed by atoms with Gasteiger partial charge in [-0.15, -0.1) is 0 Å². The summed E-state index contributed by atoms with van der Waals surface area (Å²) in [5, 5.41) is 3.96. The van der Waals surface area contributed by atoms with E-state index in [1.54, 1.807) is 0 Å².